The molecule has 2 heteroatoms. The molecule has 2 aromatic rings. The average Bonchev–Trinajstić information content (AvgIpc) is 2.38. The summed E-state index contributed by atoms with van der Waals surface area (Å²) in [7, 11) is 0. The Morgan fingerprint density at radius 1 is 0.824 bits per heavy atom. The minimum Gasteiger partial charge on any atom is -0.312 e. The van der Waals surface area contributed by atoms with Crippen molar-refractivity contribution >= 4 is 11.6 Å². The zero-order chi connectivity index (χ0) is 11.9. The lowest BCUT2D eigenvalue weighted by Gasteiger charge is -2.05. The first-order valence-electron chi connectivity index (χ1n) is 5.84. The Hall–Kier alpha value is -1.31. The van der Waals surface area contributed by atoms with Gasteiger partial charge in [-0.3, -0.25) is 0 Å². The van der Waals surface area contributed by atoms with E-state index in [0.29, 0.717) is 0 Å². The lowest BCUT2D eigenvalue weighted by molar-refractivity contribution is 0.687. The maximum atomic E-state index is 5.83. The van der Waals surface area contributed by atoms with Crippen LogP contribution < -0.4 is 5.32 Å². The molecule has 2 aromatic carbocycles. The molecule has 0 amide bonds. The molecule has 0 aromatic heterocycles. The third-order valence-electron chi connectivity index (χ3n) is 2.68. The summed E-state index contributed by atoms with van der Waals surface area (Å²) in [4.78, 5) is 0. The van der Waals surface area contributed by atoms with Crippen LogP contribution in [0.25, 0.3) is 0 Å². The summed E-state index contributed by atoms with van der Waals surface area (Å²) in [5.41, 5.74) is 2.64. The first-order chi connectivity index (χ1) is 8.34. The Labute approximate surface area is 107 Å². The van der Waals surface area contributed by atoms with E-state index in [1.807, 2.05) is 18.2 Å². The van der Waals surface area contributed by atoms with E-state index in [9.17, 15) is 0 Å². The van der Waals surface area contributed by atoms with Crippen LogP contribution in [0.5, 0.6) is 0 Å². The van der Waals surface area contributed by atoms with E-state index in [0.717, 1.165) is 24.5 Å². The molecule has 0 radical (unpaired) electrons. The number of hydrogen-bond donors (Lipinski definition) is 1. The van der Waals surface area contributed by atoms with Crippen LogP contribution in [0.1, 0.15) is 11.1 Å². The molecule has 0 heterocycles. The molecule has 0 atom stereocenters. The van der Waals surface area contributed by atoms with Gasteiger partial charge in [0.05, 0.1) is 0 Å². The minimum atomic E-state index is 0.790. The van der Waals surface area contributed by atoms with Gasteiger partial charge in [0.1, 0.15) is 0 Å². The highest BCUT2D eigenvalue weighted by Crippen LogP contribution is 2.09. The monoisotopic (exact) mass is 245 g/mol. The van der Waals surface area contributed by atoms with E-state index in [1.165, 1.54) is 11.1 Å². The van der Waals surface area contributed by atoms with Gasteiger partial charge in [0.15, 0.2) is 0 Å². The molecule has 0 unspecified atom stereocenters. The van der Waals surface area contributed by atoms with Gasteiger partial charge in [0.25, 0.3) is 0 Å². The fraction of sp³-hybridized carbons (Fsp3) is 0.200. The molecule has 1 N–H and O–H groups in total. The highest BCUT2D eigenvalue weighted by Gasteiger charge is 1.94. The molecule has 0 saturated heterocycles. The SMILES string of the molecule is Clc1ccc(CNCCc2ccccc2)cc1. The van der Waals surface area contributed by atoms with Crippen LogP contribution in [0.2, 0.25) is 5.02 Å². The first-order valence-corrected chi connectivity index (χ1v) is 6.21. The van der Waals surface area contributed by atoms with E-state index < -0.39 is 0 Å². The second kappa shape index (κ2) is 6.43. The molecule has 2 rings (SSSR count). The molecule has 17 heavy (non-hydrogen) atoms. The molecule has 0 aliphatic heterocycles. The van der Waals surface area contributed by atoms with Crippen molar-refractivity contribution in [2.24, 2.45) is 0 Å². The summed E-state index contributed by atoms with van der Waals surface area (Å²) in [6, 6.07) is 18.5. The number of nitrogens with one attached hydrogen (secondary N) is 1. The maximum Gasteiger partial charge on any atom is 0.0406 e. The van der Waals surface area contributed by atoms with Crippen molar-refractivity contribution in [3.8, 4) is 0 Å². The zero-order valence-corrected chi connectivity index (χ0v) is 10.5. The van der Waals surface area contributed by atoms with Crippen LogP contribution in [0.4, 0.5) is 0 Å². The van der Waals surface area contributed by atoms with Gasteiger partial charge in [0.2, 0.25) is 0 Å². The third kappa shape index (κ3) is 4.22. The van der Waals surface area contributed by atoms with Crippen LogP contribution in [-0.2, 0) is 13.0 Å². The summed E-state index contributed by atoms with van der Waals surface area (Å²) >= 11 is 5.83. The minimum absolute atomic E-state index is 0.790. The lowest BCUT2D eigenvalue weighted by Crippen LogP contribution is -2.16. The van der Waals surface area contributed by atoms with E-state index >= 15 is 0 Å². The fourth-order valence-corrected chi connectivity index (χ4v) is 1.84. The Balaban J connectivity index is 1.71. The topological polar surface area (TPSA) is 12.0 Å². The largest absolute Gasteiger partial charge is 0.312 e. The second-order valence-corrected chi connectivity index (χ2v) is 4.48. The Bertz CT molecular complexity index is 436. The van der Waals surface area contributed by atoms with E-state index in [2.05, 4.69) is 41.7 Å². The van der Waals surface area contributed by atoms with Crippen molar-refractivity contribution in [1.82, 2.24) is 5.32 Å². The lowest BCUT2D eigenvalue weighted by atomic mass is 10.1. The van der Waals surface area contributed by atoms with Gasteiger partial charge >= 0.3 is 0 Å². The Morgan fingerprint density at radius 3 is 2.24 bits per heavy atom. The number of rotatable bonds is 5. The summed E-state index contributed by atoms with van der Waals surface area (Å²) in [5.74, 6) is 0. The molecule has 0 spiro atoms. The van der Waals surface area contributed by atoms with E-state index in [4.69, 9.17) is 11.6 Å². The van der Waals surface area contributed by atoms with Gasteiger partial charge in [-0.25, -0.2) is 0 Å². The molecule has 0 fully saturated rings. The van der Waals surface area contributed by atoms with Crippen molar-refractivity contribution < 1.29 is 0 Å². The average molecular weight is 246 g/mol. The van der Waals surface area contributed by atoms with Crippen molar-refractivity contribution in [3.05, 3.63) is 70.7 Å². The van der Waals surface area contributed by atoms with Crippen molar-refractivity contribution in [3.63, 3.8) is 0 Å². The number of halogens is 1. The van der Waals surface area contributed by atoms with Gasteiger partial charge in [-0.15, -0.1) is 0 Å². The maximum absolute atomic E-state index is 5.83. The quantitative estimate of drug-likeness (QED) is 0.793. The number of benzene rings is 2. The molecule has 0 saturated carbocycles. The number of hydrogen-bond acceptors (Lipinski definition) is 1. The van der Waals surface area contributed by atoms with Gasteiger partial charge in [0, 0.05) is 11.6 Å². The summed E-state index contributed by atoms with van der Waals surface area (Å²) in [6.45, 7) is 1.89. The standard InChI is InChI=1S/C15H16ClN/c16-15-8-6-14(7-9-15)12-17-11-10-13-4-2-1-3-5-13/h1-9,17H,10-12H2. The molecular weight excluding hydrogens is 230 g/mol. The van der Waals surface area contributed by atoms with Crippen LogP contribution in [-0.4, -0.2) is 6.54 Å². The predicted molar refractivity (Wildman–Crippen MR) is 73.3 cm³/mol. The highest BCUT2D eigenvalue weighted by molar-refractivity contribution is 6.30. The summed E-state index contributed by atoms with van der Waals surface area (Å²) < 4.78 is 0. The first kappa shape index (κ1) is 12.2. The molecule has 1 nitrogen and oxygen atoms in total. The van der Waals surface area contributed by atoms with Gasteiger partial charge in [-0.2, -0.15) is 0 Å². The smallest absolute Gasteiger partial charge is 0.0406 e. The predicted octanol–water partition coefficient (Wildman–Crippen LogP) is 3.67. The van der Waals surface area contributed by atoms with Crippen molar-refractivity contribution in [1.29, 1.82) is 0 Å². The second-order valence-electron chi connectivity index (χ2n) is 4.04. The summed E-state index contributed by atoms with van der Waals surface area (Å²) in [6.07, 6.45) is 1.06. The van der Waals surface area contributed by atoms with Crippen LogP contribution in [0, 0.1) is 0 Å². The molecule has 0 bridgehead atoms. The normalized spacial score (nSPS) is 10.4. The fourth-order valence-electron chi connectivity index (χ4n) is 1.71. The van der Waals surface area contributed by atoms with E-state index in [1.54, 1.807) is 0 Å². The Kier molecular flexibility index (Phi) is 4.60. The van der Waals surface area contributed by atoms with Crippen molar-refractivity contribution in [2.75, 3.05) is 6.54 Å². The Morgan fingerprint density at radius 2 is 1.53 bits per heavy atom. The molecule has 0 aliphatic carbocycles. The van der Waals surface area contributed by atoms with Crippen LogP contribution >= 0.6 is 11.6 Å². The molecule has 0 aliphatic rings. The van der Waals surface area contributed by atoms with E-state index in [-0.39, 0.29) is 0 Å². The van der Waals surface area contributed by atoms with Crippen LogP contribution in [0.3, 0.4) is 0 Å². The van der Waals surface area contributed by atoms with Gasteiger partial charge in [-0.1, -0.05) is 54.1 Å². The third-order valence-corrected chi connectivity index (χ3v) is 2.93. The van der Waals surface area contributed by atoms with Gasteiger partial charge in [-0.05, 0) is 36.2 Å². The van der Waals surface area contributed by atoms with Gasteiger partial charge < -0.3 is 5.32 Å². The zero-order valence-electron chi connectivity index (χ0n) is 9.70. The van der Waals surface area contributed by atoms with Crippen LogP contribution in [0.15, 0.2) is 54.6 Å². The summed E-state index contributed by atoms with van der Waals surface area (Å²) in [5, 5.41) is 4.22. The van der Waals surface area contributed by atoms with Crippen molar-refractivity contribution in [2.45, 2.75) is 13.0 Å². The highest BCUT2D eigenvalue weighted by atomic mass is 35.5. The molecular formula is C15H16ClN. The molecule has 88 valence electrons.